The molecule has 0 aliphatic carbocycles. The first-order valence-corrected chi connectivity index (χ1v) is 35.7. The lowest BCUT2D eigenvalue weighted by molar-refractivity contribution is -0.305. The summed E-state index contributed by atoms with van der Waals surface area (Å²) < 4.78 is 17.7. The van der Waals surface area contributed by atoms with E-state index in [-0.39, 0.29) is 19.4 Å². The largest absolute Gasteiger partial charge is 0.454 e. The first-order valence-electron chi connectivity index (χ1n) is 35.7. The molecule has 8 unspecified atom stereocenters. The predicted molar refractivity (Wildman–Crippen MR) is 356 cm³/mol. The van der Waals surface area contributed by atoms with E-state index < -0.39 is 67.4 Å². The Morgan fingerprint density at radius 1 is 0.459 bits per heavy atom. The molecule has 1 fully saturated rings. The molecule has 85 heavy (non-hydrogen) atoms. The summed E-state index contributed by atoms with van der Waals surface area (Å²) >= 11 is 0. The normalized spacial score (nSPS) is 18.8. The molecule has 11 nitrogen and oxygen atoms in total. The van der Waals surface area contributed by atoms with Gasteiger partial charge in [0.1, 0.15) is 24.4 Å². The van der Waals surface area contributed by atoms with Crippen molar-refractivity contribution in [3.63, 3.8) is 0 Å². The molecule has 0 spiro atoms. The predicted octanol–water partition coefficient (Wildman–Crippen LogP) is 18.3. The van der Waals surface area contributed by atoms with Crippen LogP contribution in [0.1, 0.15) is 323 Å². The molecule has 494 valence electrons. The highest BCUT2D eigenvalue weighted by atomic mass is 16.7. The molecular formula is C74H133NO10. The Bertz CT molecular complexity index is 1660. The van der Waals surface area contributed by atoms with Crippen LogP contribution in [0.5, 0.6) is 0 Å². The third-order valence-corrected chi connectivity index (χ3v) is 16.6. The second-order valence-electron chi connectivity index (χ2n) is 24.6. The number of carbonyl (C=O) groups excluding carboxylic acids is 2. The van der Waals surface area contributed by atoms with Crippen molar-refractivity contribution in [1.82, 2.24) is 5.32 Å². The number of nitrogens with one attached hydrogen (secondary N) is 1. The summed E-state index contributed by atoms with van der Waals surface area (Å²) in [5, 5.41) is 57.2. The average Bonchev–Trinajstić information content (AvgIpc) is 3.51. The Labute approximate surface area is 521 Å². The van der Waals surface area contributed by atoms with E-state index in [0.29, 0.717) is 12.8 Å². The van der Waals surface area contributed by atoms with Crippen LogP contribution in [0.2, 0.25) is 0 Å². The molecule has 0 bridgehead atoms. The number of rotatable bonds is 61. The van der Waals surface area contributed by atoms with Crippen LogP contribution in [0.25, 0.3) is 0 Å². The molecular weight excluding hydrogens is 1060 g/mol. The molecule has 0 aromatic heterocycles. The fourth-order valence-corrected chi connectivity index (χ4v) is 10.9. The van der Waals surface area contributed by atoms with E-state index in [2.05, 4.69) is 86.8 Å². The van der Waals surface area contributed by atoms with Gasteiger partial charge in [-0.05, 0) is 96.3 Å². The van der Waals surface area contributed by atoms with Gasteiger partial charge >= 0.3 is 5.97 Å². The van der Waals surface area contributed by atoms with Crippen molar-refractivity contribution in [2.24, 2.45) is 0 Å². The summed E-state index contributed by atoms with van der Waals surface area (Å²) in [5.41, 5.74) is 0. The second kappa shape index (κ2) is 61.3. The van der Waals surface area contributed by atoms with Gasteiger partial charge in [-0.15, -0.1) is 0 Å². The monoisotopic (exact) mass is 1200 g/mol. The summed E-state index contributed by atoms with van der Waals surface area (Å²) in [5.74, 6) is -1.20. The standard InChI is InChI=1S/C74H133NO10/c1-4-7-10-13-16-19-22-24-26-28-30-31-32-33-34-35-36-37-38-40-42-44-47-50-53-56-59-62-69(79)85-72-71(81)70(80)68(63-76)84-74(72)83-64-65(66(77)60-57-54-51-48-45-21-18-15-12-9-6-3)75-73(82)67(78)61-58-55-52-49-46-43-41-39-29-27-25-23-20-17-14-11-8-5-2/h16-17,19-20,24-27,39,41,57,60,65-68,70-72,74,76-78,80-81H,4-15,18,21-23,28-38,40,42-56,58-59,61-64H2,1-3H3,(H,75,82)/b19-16-,20-17-,26-24-,27-25-,41-39-,60-57+. The van der Waals surface area contributed by atoms with E-state index in [1.807, 2.05) is 6.08 Å². The number of unbranched alkanes of at least 4 members (excludes halogenated alkanes) is 37. The van der Waals surface area contributed by atoms with Gasteiger partial charge in [0.2, 0.25) is 5.91 Å². The number of esters is 1. The molecule has 0 aromatic carbocycles. The SMILES string of the molecule is CCCCC/C=C\C/C=C\C/C=C\CCCCCCCC(O)C(=O)NC(COC1OC(CO)C(O)C(O)C1OC(=O)CCCCCCCCCCCCCCCCCCC/C=C\C/C=C\CCCCC)C(O)/C=C/CCCCCCCCCCC. The molecule has 0 aromatic rings. The fraction of sp³-hybridized carbons (Fsp3) is 0.811. The van der Waals surface area contributed by atoms with E-state index in [1.165, 1.54) is 186 Å². The Morgan fingerprint density at radius 3 is 1.24 bits per heavy atom. The maximum atomic E-state index is 13.5. The van der Waals surface area contributed by atoms with Crippen molar-refractivity contribution in [2.75, 3.05) is 13.2 Å². The van der Waals surface area contributed by atoms with E-state index in [9.17, 15) is 35.1 Å². The van der Waals surface area contributed by atoms with E-state index in [0.717, 1.165) is 89.9 Å². The second-order valence-corrected chi connectivity index (χ2v) is 24.6. The summed E-state index contributed by atoms with van der Waals surface area (Å²) in [6, 6.07) is -1.03. The lowest BCUT2D eigenvalue weighted by Crippen LogP contribution is -2.61. The Morgan fingerprint density at radius 2 is 0.812 bits per heavy atom. The zero-order chi connectivity index (χ0) is 61.7. The smallest absolute Gasteiger partial charge is 0.306 e. The topological polar surface area (TPSA) is 175 Å². The van der Waals surface area contributed by atoms with E-state index in [1.54, 1.807) is 6.08 Å². The molecule has 1 aliphatic rings. The van der Waals surface area contributed by atoms with Crippen LogP contribution in [-0.4, -0.2) is 99.6 Å². The maximum absolute atomic E-state index is 13.5. The number of hydrogen-bond acceptors (Lipinski definition) is 10. The third-order valence-electron chi connectivity index (χ3n) is 16.6. The summed E-state index contributed by atoms with van der Waals surface area (Å²) in [4.78, 5) is 26.7. The van der Waals surface area contributed by atoms with Crippen LogP contribution in [0.3, 0.4) is 0 Å². The van der Waals surface area contributed by atoms with Crippen molar-refractivity contribution in [3.8, 4) is 0 Å². The van der Waals surface area contributed by atoms with Gasteiger partial charge in [-0.2, -0.15) is 0 Å². The lowest BCUT2D eigenvalue weighted by atomic mass is 9.99. The van der Waals surface area contributed by atoms with Crippen molar-refractivity contribution in [1.29, 1.82) is 0 Å². The van der Waals surface area contributed by atoms with Gasteiger partial charge in [0.15, 0.2) is 12.4 Å². The van der Waals surface area contributed by atoms with Crippen molar-refractivity contribution >= 4 is 11.9 Å². The van der Waals surface area contributed by atoms with Gasteiger partial charge in [0.25, 0.3) is 0 Å². The van der Waals surface area contributed by atoms with Crippen molar-refractivity contribution in [3.05, 3.63) is 72.9 Å². The molecule has 1 heterocycles. The Kier molecular flexibility index (Phi) is 57.8. The minimum Gasteiger partial charge on any atom is -0.454 e. The van der Waals surface area contributed by atoms with Gasteiger partial charge in [-0.1, -0.05) is 293 Å². The minimum atomic E-state index is -1.62. The van der Waals surface area contributed by atoms with E-state index in [4.69, 9.17) is 14.2 Å². The van der Waals surface area contributed by atoms with Gasteiger partial charge in [-0.3, -0.25) is 9.59 Å². The molecule has 1 saturated heterocycles. The number of carbonyl (C=O) groups is 2. The van der Waals surface area contributed by atoms with Gasteiger partial charge in [0.05, 0.1) is 25.4 Å². The van der Waals surface area contributed by atoms with Crippen molar-refractivity contribution < 1.29 is 49.3 Å². The summed E-state index contributed by atoms with van der Waals surface area (Å²) in [6.45, 7) is 5.75. The Balaban J connectivity index is 2.53. The molecule has 8 atom stereocenters. The Hall–Kier alpha value is -2.90. The molecule has 1 rings (SSSR count). The molecule has 0 saturated carbocycles. The summed E-state index contributed by atoms with van der Waals surface area (Å²) in [6.07, 6.45) is 69.5. The minimum absolute atomic E-state index is 0.122. The molecule has 11 heteroatoms. The molecule has 0 radical (unpaired) electrons. The molecule has 6 N–H and O–H groups in total. The lowest BCUT2D eigenvalue weighted by Gasteiger charge is -2.41. The third kappa shape index (κ3) is 48.7. The highest BCUT2D eigenvalue weighted by Gasteiger charge is 2.47. The summed E-state index contributed by atoms with van der Waals surface area (Å²) in [7, 11) is 0. The average molecular weight is 1200 g/mol. The highest BCUT2D eigenvalue weighted by molar-refractivity contribution is 5.80. The number of aliphatic hydroxyl groups is 5. The number of hydrogen-bond donors (Lipinski definition) is 6. The number of allylic oxidation sites excluding steroid dienone is 11. The van der Waals surface area contributed by atoms with Gasteiger partial charge < -0.3 is 45.1 Å². The van der Waals surface area contributed by atoms with E-state index >= 15 is 0 Å². The quantitative estimate of drug-likeness (QED) is 0.0195. The zero-order valence-corrected chi connectivity index (χ0v) is 55.0. The zero-order valence-electron chi connectivity index (χ0n) is 55.0. The molecule has 1 amide bonds. The molecule has 1 aliphatic heterocycles. The number of amides is 1. The first kappa shape index (κ1) is 80.1. The van der Waals surface area contributed by atoms with Crippen LogP contribution in [-0.2, 0) is 23.8 Å². The van der Waals surface area contributed by atoms with Crippen LogP contribution < -0.4 is 5.32 Å². The maximum Gasteiger partial charge on any atom is 0.306 e. The first-order chi connectivity index (χ1) is 41.7. The van der Waals surface area contributed by atoms with Crippen LogP contribution in [0.4, 0.5) is 0 Å². The fourth-order valence-electron chi connectivity index (χ4n) is 10.9. The van der Waals surface area contributed by atoms with Crippen LogP contribution in [0.15, 0.2) is 72.9 Å². The van der Waals surface area contributed by atoms with Crippen LogP contribution in [0, 0.1) is 0 Å². The van der Waals surface area contributed by atoms with Gasteiger partial charge in [-0.25, -0.2) is 0 Å². The highest BCUT2D eigenvalue weighted by Crippen LogP contribution is 2.26. The number of ether oxygens (including phenoxy) is 3. The van der Waals surface area contributed by atoms with Crippen LogP contribution >= 0.6 is 0 Å². The van der Waals surface area contributed by atoms with Crippen molar-refractivity contribution in [2.45, 2.75) is 372 Å². The number of aliphatic hydroxyl groups excluding tert-OH is 5. The van der Waals surface area contributed by atoms with Gasteiger partial charge in [0, 0.05) is 6.42 Å².